The van der Waals surface area contributed by atoms with E-state index in [4.69, 9.17) is 5.11 Å². The Morgan fingerprint density at radius 2 is 2.50 bits per heavy atom. The van der Waals surface area contributed by atoms with Crippen LogP contribution >= 0.6 is 11.8 Å². The zero-order valence-corrected chi connectivity index (χ0v) is 9.49. The van der Waals surface area contributed by atoms with Crippen molar-refractivity contribution in [3.05, 3.63) is 0 Å². The SMILES string of the molecule is CC1(CNC=O)S[C@@H]2CC(=O)N2[C@H]1C(=O)O. The fourth-order valence-electron chi connectivity index (χ4n) is 2.24. The number of hydrogen-bond donors (Lipinski definition) is 2. The molecule has 0 aromatic carbocycles. The van der Waals surface area contributed by atoms with Gasteiger partial charge in [0, 0.05) is 6.54 Å². The number of amides is 2. The maximum atomic E-state index is 11.3. The van der Waals surface area contributed by atoms with Gasteiger partial charge in [-0.15, -0.1) is 11.8 Å². The fraction of sp³-hybridized carbons (Fsp3) is 0.667. The number of aliphatic carboxylic acids is 1. The van der Waals surface area contributed by atoms with Gasteiger partial charge in [0.2, 0.25) is 12.3 Å². The summed E-state index contributed by atoms with van der Waals surface area (Å²) in [7, 11) is 0. The van der Waals surface area contributed by atoms with Crippen LogP contribution in [0.3, 0.4) is 0 Å². The first-order valence-corrected chi connectivity index (χ1v) is 5.76. The number of β-lactam (4-membered cyclic amide) rings is 1. The molecule has 0 saturated carbocycles. The molecule has 0 aliphatic carbocycles. The van der Waals surface area contributed by atoms with Crippen LogP contribution in [0.1, 0.15) is 13.3 Å². The number of carboxylic acids is 1. The maximum Gasteiger partial charge on any atom is 0.327 e. The summed E-state index contributed by atoms with van der Waals surface area (Å²) < 4.78 is -0.649. The third kappa shape index (κ3) is 1.46. The van der Waals surface area contributed by atoms with E-state index in [0.29, 0.717) is 12.8 Å². The molecule has 88 valence electrons. The largest absolute Gasteiger partial charge is 0.480 e. The molecule has 0 radical (unpaired) electrons. The molecule has 2 amide bonds. The summed E-state index contributed by atoms with van der Waals surface area (Å²) in [5.74, 6) is -1.14. The van der Waals surface area contributed by atoms with E-state index in [1.807, 2.05) is 0 Å². The van der Waals surface area contributed by atoms with Crippen LogP contribution in [0, 0.1) is 0 Å². The van der Waals surface area contributed by atoms with Gasteiger partial charge in [-0.25, -0.2) is 4.79 Å². The van der Waals surface area contributed by atoms with Crippen molar-refractivity contribution in [2.75, 3.05) is 6.54 Å². The second-order valence-corrected chi connectivity index (χ2v) is 5.84. The predicted octanol–water partition coefficient (Wildman–Crippen LogP) is -0.750. The van der Waals surface area contributed by atoms with E-state index in [0.717, 1.165) is 0 Å². The molecular formula is C9H12N2O4S. The highest BCUT2D eigenvalue weighted by Gasteiger charge is 2.60. The highest BCUT2D eigenvalue weighted by atomic mass is 32.2. The van der Waals surface area contributed by atoms with Gasteiger partial charge in [-0.05, 0) is 6.92 Å². The van der Waals surface area contributed by atoms with Gasteiger partial charge in [-0.2, -0.15) is 0 Å². The van der Waals surface area contributed by atoms with Crippen molar-refractivity contribution in [3.8, 4) is 0 Å². The molecule has 2 aliphatic rings. The lowest BCUT2D eigenvalue weighted by atomic mass is 9.96. The van der Waals surface area contributed by atoms with Crippen LogP contribution in [0.15, 0.2) is 0 Å². The van der Waals surface area contributed by atoms with Gasteiger partial charge < -0.3 is 15.3 Å². The van der Waals surface area contributed by atoms with E-state index < -0.39 is 16.8 Å². The predicted molar refractivity (Wildman–Crippen MR) is 56.7 cm³/mol. The Hall–Kier alpha value is -1.24. The summed E-state index contributed by atoms with van der Waals surface area (Å²) in [6.45, 7) is 2.01. The van der Waals surface area contributed by atoms with Crippen LogP contribution in [0.2, 0.25) is 0 Å². The average Bonchev–Trinajstić information content (AvgIpc) is 2.45. The smallest absolute Gasteiger partial charge is 0.327 e. The fourth-order valence-corrected chi connectivity index (χ4v) is 3.95. The van der Waals surface area contributed by atoms with E-state index in [1.165, 1.54) is 16.7 Å². The quantitative estimate of drug-likeness (QED) is 0.502. The molecule has 2 fully saturated rings. The molecule has 2 heterocycles. The number of carboxylic acid groups (broad SMARTS) is 1. The second kappa shape index (κ2) is 3.65. The summed E-state index contributed by atoms with van der Waals surface area (Å²) in [6.07, 6.45) is 0.938. The lowest BCUT2D eigenvalue weighted by Crippen LogP contribution is -2.58. The molecule has 3 atom stereocenters. The molecule has 1 unspecified atom stereocenters. The van der Waals surface area contributed by atoms with E-state index in [-0.39, 0.29) is 17.8 Å². The Bertz CT molecular complexity index is 361. The molecule has 0 aromatic heterocycles. The average molecular weight is 244 g/mol. The van der Waals surface area contributed by atoms with Gasteiger partial charge in [0.15, 0.2) is 0 Å². The highest BCUT2D eigenvalue weighted by Crippen LogP contribution is 2.50. The third-order valence-corrected chi connectivity index (χ3v) is 4.55. The Kier molecular flexibility index (Phi) is 2.57. The molecule has 0 aromatic rings. The van der Waals surface area contributed by atoms with E-state index in [9.17, 15) is 14.4 Å². The van der Waals surface area contributed by atoms with Gasteiger partial charge in [-0.1, -0.05) is 0 Å². The van der Waals surface area contributed by atoms with Crippen molar-refractivity contribution in [2.45, 2.75) is 29.5 Å². The number of carbonyl (C=O) groups is 3. The number of nitrogens with one attached hydrogen (secondary N) is 1. The lowest BCUT2D eigenvalue weighted by Gasteiger charge is -2.36. The normalized spacial score (nSPS) is 36.6. The molecule has 2 N–H and O–H groups in total. The van der Waals surface area contributed by atoms with E-state index in [1.54, 1.807) is 6.92 Å². The van der Waals surface area contributed by atoms with Crippen LogP contribution in [0.25, 0.3) is 0 Å². The first-order chi connectivity index (χ1) is 7.49. The molecule has 6 nitrogen and oxygen atoms in total. The first kappa shape index (κ1) is 11.3. The maximum absolute atomic E-state index is 11.3. The summed E-state index contributed by atoms with van der Waals surface area (Å²) >= 11 is 1.45. The van der Waals surface area contributed by atoms with Gasteiger partial charge in [-0.3, -0.25) is 9.59 Å². The molecule has 2 saturated heterocycles. The van der Waals surface area contributed by atoms with Crippen LogP contribution in [0.5, 0.6) is 0 Å². The number of thioether (sulfide) groups is 1. The van der Waals surface area contributed by atoms with Crippen molar-refractivity contribution in [1.29, 1.82) is 0 Å². The van der Waals surface area contributed by atoms with Crippen LogP contribution < -0.4 is 5.32 Å². The number of carbonyl (C=O) groups excluding carboxylic acids is 2. The summed E-state index contributed by atoms with van der Waals surface area (Å²) in [5, 5.41) is 11.6. The molecule has 16 heavy (non-hydrogen) atoms. The standard InChI is InChI=1S/C9H12N2O4S/c1-9(3-10-4-12)7(8(14)15)11-5(13)2-6(11)16-9/h4,6-7H,2-3H2,1H3,(H,10,12)(H,14,15)/t6-,7+,9?/m1/s1. The van der Waals surface area contributed by atoms with Crippen molar-refractivity contribution in [1.82, 2.24) is 10.2 Å². The second-order valence-electron chi connectivity index (χ2n) is 4.13. The summed E-state index contributed by atoms with van der Waals surface area (Å²) in [4.78, 5) is 34.2. The Morgan fingerprint density at radius 3 is 3.00 bits per heavy atom. The van der Waals surface area contributed by atoms with Gasteiger partial charge in [0.1, 0.15) is 6.04 Å². The van der Waals surface area contributed by atoms with Crippen molar-refractivity contribution in [2.24, 2.45) is 0 Å². The topological polar surface area (TPSA) is 86.7 Å². The summed E-state index contributed by atoms with van der Waals surface area (Å²) in [6, 6.07) is -0.851. The monoisotopic (exact) mass is 244 g/mol. The number of rotatable bonds is 4. The lowest BCUT2D eigenvalue weighted by molar-refractivity contribution is -0.157. The minimum atomic E-state index is -1.02. The third-order valence-electron chi connectivity index (χ3n) is 2.98. The summed E-state index contributed by atoms with van der Waals surface area (Å²) in [5.41, 5.74) is 0. The molecule has 2 rings (SSSR count). The van der Waals surface area contributed by atoms with E-state index >= 15 is 0 Å². The first-order valence-electron chi connectivity index (χ1n) is 4.88. The Balaban J connectivity index is 2.21. The van der Waals surface area contributed by atoms with Gasteiger partial charge in [0.05, 0.1) is 16.5 Å². The van der Waals surface area contributed by atoms with Crippen LogP contribution in [-0.2, 0) is 14.4 Å². The van der Waals surface area contributed by atoms with E-state index in [2.05, 4.69) is 5.32 Å². The molecular weight excluding hydrogens is 232 g/mol. The van der Waals surface area contributed by atoms with Crippen molar-refractivity contribution in [3.63, 3.8) is 0 Å². The molecule has 2 aliphatic heterocycles. The Morgan fingerprint density at radius 1 is 1.81 bits per heavy atom. The van der Waals surface area contributed by atoms with Crippen LogP contribution in [0.4, 0.5) is 0 Å². The molecule has 0 bridgehead atoms. The van der Waals surface area contributed by atoms with Crippen LogP contribution in [-0.4, -0.2) is 51.0 Å². The minimum absolute atomic E-state index is 0.0490. The molecule has 7 heteroatoms. The highest BCUT2D eigenvalue weighted by molar-refractivity contribution is 8.01. The van der Waals surface area contributed by atoms with Gasteiger partial charge in [0.25, 0.3) is 0 Å². The number of hydrogen-bond acceptors (Lipinski definition) is 4. The number of fused-ring (bicyclic) bond motifs is 1. The van der Waals surface area contributed by atoms with Gasteiger partial charge >= 0.3 is 5.97 Å². The number of nitrogens with zero attached hydrogens (tertiary/aromatic N) is 1. The Labute approximate surface area is 96.4 Å². The molecule has 0 spiro atoms. The minimum Gasteiger partial charge on any atom is -0.480 e. The van der Waals surface area contributed by atoms with Crippen molar-refractivity contribution >= 4 is 30.0 Å². The zero-order chi connectivity index (χ0) is 11.9. The van der Waals surface area contributed by atoms with Crippen molar-refractivity contribution < 1.29 is 19.5 Å². The zero-order valence-electron chi connectivity index (χ0n) is 8.67.